The Morgan fingerprint density at radius 2 is 2.12 bits per heavy atom. The Kier molecular flexibility index (Phi) is 2.54. The second-order valence-corrected chi connectivity index (χ2v) is 3.64. The first-order valence-corrected chi connectivity index (χ1v) is 4.75. The highest BCUT2D eigenvalue weighted by atomic mass is 16.6. The van der Waals surface area contributed by atoms with Crippen molar-refractivity contribution in [3.63, 3.8) is 0 Å². The molecule has 1 aromatic rings. The molecule has 17 heavy (non-hydrogen) atoms. The van der Waals surface area contributed by atoms with E-state index in [-0.39, 0.29) is 18.8 Å². The number of aliphatic carboxylic acids is 1. The minimum atomic E-state index is -0.959. The van der Waals surface area contributed by atoms with Crippen LogP contribution in [0.25, 0.3) is 0 Å². The predicted molar refractivity (Wildman–Crippen MR) is 52.4 cm³/mol. The minimum Gasteiger partial charge on any atom is -0.481 e. The van der Waals surface area contributed by atoms with Gasteiger partial charge in [0.2, 0.25) is 0 Å². The number of rotatable bonds is 3. The van der Waals surface area contributed by atoms with E-state index < -0.39 is 28.6 Å². The maximum atomic E-state index is 11.6. The molecule has 1 fully saturated rings. The maximum absolute atomic E-state index is 11.6. The summed E-state index contributed by atoms with van der Waals surface area (Å²) in [6.07, 6.45) is 0. The Morgan fingerprint density at radius 3 is 2.59 bits per heavy atom. The predicted octanol–water partition coefficient (Wildman–Crippen LogP) is 0.344. The first-order chi connectivity index (χ1) is 7.99. The van der Waals surface area contributed by atoms with Gasteiger partial charge in [0.05, 0.1) is 12.0 Å². The fourth-order valence-electron chi connectivity index (χ4n) is 1.50. The van der Waals surface area contributed by atoms with Gasteiger partial charge in [-0.1, -0.05) is 0 Å². The zero-order valence-electron chi connectivity index (χ0n) is 8.53. The SMILES string of the molecule is O=C(O)C1CN(C(=O)c2ccc([N+](=O)[O-])o2)C1. The molecule has 1 N–H and O–H groups in total. The molecule has 8 heteroatoms. The van der Waals surface area contributed by atoms with E-state index in [2.05, 4.69) is 0 Å². The summed E-state index contributed by atoms with van der Waals surface area (Å²) in [7, 11) is 0. The van der Waals surface area contributed by atoms with Gasteiger partial charge in [-0.15, -0.1) is 0 Å². The average molecular weight is 240 g/mol. The molecule has 0 radical (unpaired) electrons. The van der Waals surface area contributed by atoms with Crippen molar-refractivity contribution in [2.75, 3.05) is 13.1 Å². The number of carbonyl (C=O) groups excluding carboxylic acids is 1. The highest BCUT2D eigenvalue weighted by Gasteiger charge is 2.37. The van der Waals surface area contributed by atoms with Crippen LogP contribution in [0.5, 0.6) is 0 Å². The Labute approximate surface area is 94.6 Å². The molecule has 8 nitrogen and oxygen atoms in total. The highest BCUT2D eigenvalue weighted by molar-refractivity contribution is 5.93. The lowest BCUT2D eigenvalue weighted by Gasteiger charge is -2.35. The number of amides is 1. The van der Waals surface area contributed by atoms with E-state index in [1.54, 1.807) is 0 Å². The fraction of sp³-hybridized carbons (Fsp3) is 0.333. The van der Waals surface area contributed by atoms with Crippen molar-refractivity contribution in [1.82, 2.24) is 4.90 Å². The number of carbonyl (C=O) groups is 2. The smallest absolute Gasteiger partial charge is 0.433 e. The van der Waals surface area contributed by atoms with Gasteiger partial charge in [0.25, 0.3) is 5.91 Å². The van der Waals surface area contributed by atoms with Crippen LogP contribution >= 0.6 is 0 Å². The second-order valence-electron chi connectivity index (χ2n) is 3.64. The zero-order chi connectivity index (χ0) is 12.6. The van der Waals surface area contributed by atoms with Gasteiger partial charge in [0.1, 0.15) is 4.92 Å². The summed E-state index contributed by atoms with van der Waals surface area (Å²) < 4.78 is 4.72. The molecule has 0 spiro atoms. The quantitative estimate of drug-likeness (QED) is 0.602. The molecule has 1 aliphatic rings. The van der Waals surface area contributed by atoms with Crippen molar-refractivity contribution in [2.24, 2.45) is 5.92 Å². The van der Waals surface area contributed by atoms with Gasteiger partial charge in [0.15, 0.2) is 5.76 Å². The Hall–Kier alpha value is -2.38. The second kappa shape index (κ2) is 3.89. The van der Waals surface area contributed by atoms with Crippen molar-refractivity contribution >= 4 is 17.8 Å². The molecule has 2 rings (SSSR count). The average Bonchev–Trinajstić information content (AvgIpc) is 2.62. The summed E-state index contributed by atoms with van der Waals surface area (Å²) in [5.74, 6) is -2.72. The van der Waals surface area contributed by atoms with Crippen molar-refractivity contribution in [3.05, 3.63) is 28.0 Å². The molecule has 1 aromatic heterocycles. The summed E-state index contributed by atoms with van der Waals surface area (Å²) >= 11 is 0. The highest BCUT2D eigenvalue weighted by Crippen LogP contribution is 2.22. The lowest BCUT2D eigenvalue weighted by molar-refractivity contribution is -0.402. The lowest BCUT2D eigenvalue weighted by Crippen LogP contribution is -2.52. The molecular formula is C9H8N2O6. The van der Waals surface area contributed by atoms with Crippen molar-refractivity contribution < 1.29 is 24.0 Å². The molecule has 0 atom stereocenters. The van der Waals surface area contributed by atoms with Crippen molar-refractivity contribution in [1.29, 1.82) is 0 Å². The minimum absolute atomic E-state index is 0.0999. The summed E-state index contributed by atoms with van der Waals surface area (Å²) in [6, 6.07) is 2.29. The standard InChI is InChI=1S/C9H8N2O6/c12-8(10-3-5(4-10)9(13)14)6-1-2-7(17-6)11(15)16/h1-2,5H,3-4H2,(H,13,14). The number of nitrogens with zero attached hydrogens (tertiary/aromatic N) is 2. The number of hydrogen-bond donors (Lipinski definition) is 1. The third kappa shape index (κ3) is 1.96. The molecule has 90 valence electrons. The third-order valence-electron chi connectivity index (χ3n) is 2.50. The third-order valence-corrected chi connectivity index (χ3v) is 2.50. The van der Waals surface area contributed by atoms with Gasteiger partial charge in [-0.3, -0.25) is 19.7 Å². The van der Waals surface area contributed by atoms with Crippen LogP contribution in [0.3, 0.4) is 0 Å². The fourth-order valence-corrected chi connectivity index (χ4v) is 1.50. The summed E-state index contributed by atoms with van der Waals surface area (Å²) in [5, 5.41) is 19.0. The van der Waals surface area contributed by atoms with Gasteiger partial charge in [-0.25, -0.2) is 0 Å². The van der Waals surface area contributed by atoms with Gasteiger partial charge >= 0.3 is 11.9 Å². The van der Waals surface area contributed by atoms with Crippen LogP contribution in [0.2, 0.25) is 0 Å². The van der Waals surface area contributed by atoms with E-state index >= 15 is 0 Å². The van der Waals surface area contributed by atoms with Gasteiger partial charge in [0, 0.05) is 13.1 Å². The molecule has 1 aliphatic heterocycles. The lowest BCUT2D eigenvalue weighted by atomic mass is 10.0. The number of furan rings is 1. The Bertz CT molecular complexity index is 487. The molecule has 0 bridgehead atoms. The van der Waals surface area contributed by atoms with Gasteiger partial charge in [-0.05, 0) is 6.07 Å². The van der Waals surface area contributed by atoms with Crippen LogP contribution in [0.15, 0.2) is 16.5 Å². The summed E-state index contributed by atoms with van der Waals surface area (Å²) in [5.41, 5.74) is 0. The topological polar surface area (TPSA) is 114 Å². The van der Waals surface area contributed by atoms with Gasteiger partial charge < -0.3 is 14.4 Å². The first-order valence-electron chi connectivity index (χ1n) is 4.75. The van der Waals surface area contributed by atoms with Crippen LogP contribution in [0.4, 0.5) is 5.88 Å². The molecule has 0 aromatic carbocycles. The number of nitro groups is 1. The summed E-state index contributed by atoms with van der Waals surface area (Å²) in [6.45, 7) is 0.200. The number of carboxylic acids is 1. The Morgan fingerprint density at radius 1 is 1.47 bits per heavy atom. The van der Waals surface area contributed by atoms with Crippen molar-refractivity contribution in [3.8, 4) is 0 Å². The molecule has 2 heterocycles. The van der Waals surface area contributed by atoms with Crippen LogP contribution in [0, 0.1) is 16.0 Å². The van der Waals surface area contributed by atoms with E-state index in [9.17, 15) is 19.7 Å². The van der Waals surface area contributed by atoms with Gasteiger partial charge in [-0.2, -0.15) is 0 Å². The van der Waals surface area contributed by atoms with Crippen LogP contribution in [-0.4, -0.2) is 39.9 Å². The monoisotopic (exact) mass is 240 g/mol. The van der Waals surface area contributed by atoms with E-state index in [1.165, 1.54) is 11.0 Å². The van der Waals surface area contributed by atoms with E-state index in [0.29, 0.717) is 0 Å². The van der Waals surface area contributed by atoms with Crippen LogP contribution < -0.4 is 0 Å². The number of hydrogen-bond acceptors (Lipinski definition) is 5. The van der Waals surface area contributed by atoms with Crippen LogP contribution in [-0.2, 0) is 4.79 Å². The van der Waals surface area contributed by atoms with E-state index in [0.717, 1.165) is 6.07 Å². The van der Waals surface area contributed by atoms with Crippen molar-refractivity contribution in [2.45, 2.75) is 0 Å². The van der Waals surface area contributed by atoms with E-state index in [1.807, 2.05) is 0 Å². The zero-order valence-corrected chi connectivity index (χ0v) is 8.53. The number of carboxylic acid groups (broad SMARTS) is 1. The number of likely N-dealkylation sites (tertiary alicyclic amines) is 1. The molecular weight excluding hydrogens is 232 g/mol. The van der Waals surface area contributed by atoms with E-state index in [4.69, 9.17) is 9.52 Å². The molecule has 1 saturated heterocycles. The molecule has 0 unspecified atom stereocenters. The molecule has 1 amide bonds. The summed E-state index contributed by atoms with van der Waals surface area (Å²) in [4.78, 5) is 33.0. The Balaban J connectivity index is 2.01. The largest absolute Gasteiger partial charge is 0.481 e. The van der Waals surface area contributed by atoms with Crippen LogP contribution in [0.1, 0.15) is 10.6 Å². The first kappa shape index (κ1) is 11.1. The molecule has 0 saturated carbocycles. The molecule has 0 aliphatic carbocycles. The normalized spacial score (nSPS) is 15.4. The maximum Gasteiger partial charge on any atom is 0.433 e.